The van der Waals surface area contributed by atoms with Gasteiger partial charge >= 0.3 is 5.97 Å². The lowest BCUT2D eigenvalue weighted by atomic mass is 9.99. The fraction of sp³-hybridized carbons (Fsp3) is 0.304. The molecular formula is C23H22ClFN2O4S. The molecule has 9 heteroatoms. The zero-order valence-electron chi connectivity index (χ0n) is 17.4. The van der Waals surface area contributed by atoms with Gasteiger partial charge in [0.25, 0.3) is 0 Å². The first kappa shape index (κ1) is 23.8. The molecule has 1 N–H and O–H groups in total. The number of methoxy groups -OCH3 is 1. The van der Waals surface area contributed by atoms with Gasteiger partial charge in [0.2, 0.25) is 0 Å². The third-order valence-electron chi connectivity index (χ3n) is 4.81. The Morgan fingerprint density at radius 1 is 1.12 bits per heavy atom. The van der Waals surface area contributed by atoms with E-state index in [0.717, 1.165) is 0 Å². The van der Waals surface area contributed by atoms with E-state index in [1.54, 1.807) is 36.4 Å². The number of carbonyl (C=O) groups excluding carboxylic acids is 1. The second-order valence-electron chi connectivity index (χ2n) is 7.21. The Bertz CT molecular complexity index is 1120. The van der Waals surface area contributed by atoms with Gasteiger partial charge in [-0.15, -0.1) is 21.5 Å². The number of Topliss-reactive ketones (excluding diaryl/α,β-unsaturated/α-hetero) is 1. The third kappa shape index (κ3) is 6.34. The first-order chi connectivity index (χ1) is 15.4. The molecule has 0 amide bonds. The Labute approximate surface area is 194 Å². The second-order valence-corrected chi connectivity index (χ2v) is 8.79. The molecule has 0 radical (unpaired) electrons. The molecule has 0 bridgehead atoms. The summed E-state index contributed by atoms with van der Waals surface area (Å²) >= 11 is 7.34. The second kappa shape index (κ2) is 11.2. The summed E-state index contributed by atoms with van der Waals surface area (Å²) in [6.07, 6.45) is 1.73. The summed E-state index contributed by atoms with van der Waals surface area (Å²) in [5.74, 6) is -0.898. The average molecular weight is 477 g/mol. The molecule has 32 heavy (non-hydrogen) atoms. The minimum Gasteiger partial charge on any atom is -0.496 e. The van der Waals surface area contributed by atoms with E-state index in [1.807, 2.05) is 0 Å². The van der Waals surface area contributed by atoms with Gasteiger partial charge in [-0.25, -0.2) is 4.39 Å². The maximum Gasteiger partial charge on any atom is 0.303 e. The van der Waals surface area contributed by atoms with Gasteiger partial charge in [-0.05, 0) is 42.2 Å². The van der Waals surface area contributed by atoms with E-state index < -0.39 is 11.8 Å². The highest BCUT2D eigenvalue weighted by Crippen LogP contribution is 2.36. The van der Waals surface area contributed by atoms with Crippen LogP contribution in [0.3, 0.4) is 0 Å². The van der Waals surface area contributed by atoms with Gasteiger partial charge in [0.05, 0.1) is 19.1 Å². The molecule has 0 spiro atoms. The van der Waals surface area contributed by atoms with Crippen LogP contribution in [0.25, 0.3) is 11.1 Å². The van der Waals surface area contributed by atoms with Gasteiger partial charge in [-0.3, -0.25) is 9.59 Å². The van der Waals surface area contributed by atoms with Crippen molar-refractivity contribution in [1.29, 1.82) is 0 Å². The number of unbranched alkanes of at least 4 members (excludes halogenated alkanes) is 1. The summed E-state index contributed by atoms with van der Waals surface area (Å²) in [6, 6.07) is 10.3. The highest BCUT2D eigenvalue weighted by molar-refractivity contribution is 7.11. The minimum atomic E-state index is -0.865. The number of hydrogen-bond acceptors (Lipinski definition) is 6. The molecule has 0 atom stereocenters. The van der Waals surface area contributed by atoms with Crippen LogP contribution in [0.2, 0.25) is 5.02 Å². The molecule has 0 aliphatic heterocycles. The summed E-state index contributed by atoms with van der Waals surface area (Å²) in [5.41, 5.74) is 1.37. The van der Waals surface area contributed by atoms with Crippen LogP contribution in [-0.2, 0) is 22.4 Å². The van der Waals surface area contributed by atoms with Crippen LogP contribution < -0.4 is 4.74 Å². The smallest absolute Gasteiger partial charge is 0.303 e. The van der Waals surface area contributed by atoms with Crippen LogP contribution in [0, 0.1) is 5.82 Å². The van der Waals surface area contributed by atoms with E-state index in [9.17, 15) is 9.59 Å². The first-order valence-corrected chi connectivity index (χ1v) is 11.2. The molecular weight excluding hydrogens is 455 g/mol. The van der Waals surface area contributed by atoms with Crippen LogP contribution in [-0.4, -0.2) is 34.2 Å². The molecule has 0 unspecified atom stereocenters. The fourth-order valence-electron chi connectivity index (χ4n) is 3.27. The maximum absolute atomic E-state index is 15.4. The molecule has 1 aromatic heterocycles. The molecule has 168 valence electrons. The fourth-order valence-corrected chi connectivity index (χ4v) is 4.36. The van der Waals surface area contributed by atoms with Gasteiger partial charge < -0.3 is 9.84 Å². The Kier molecular flexibility index (Phi) is 8.30. The quantitative estimate of drug-likeness (QED) is 0.375. The number of ether oxygens (including phenoxy) is 1. The number of benzene rings is 2. The topological polar surface area (TPSA) is 89.4 Å². The van der Waals surface area contributed by atoms with E-state index in [2.05, 4.69) is 10.2 Å². The summed E-state index contributed by atoms with van der Waals surface area (Å²) in [7, 11) is 1.48. The van der Waals surface area contributed by atoms with Crippen molar-refractivity contribution in [3.8, 4) is 16.9 Å². The molecule has 0 aliphatic rings. The zero-order valence-corrected chi connectivity index (χ0v) is 19.0. The number of carboxylic acid groups (broad SMARTS) is 1. The highest BCUT2D eigenvalue weighted by atomic mass is 35.5. The largest absolute Gasteiger partial charge is 0.496 e. The van der Waals surface area contributed by atoms with Gasteiger partial charge in [-0.1, -0.05) is 29.8 Å². The third-order valence-corrected chi connectivity index (χ3v) is 5.97. The summed E-state index contributed by atoms with van der Waals surface area (Å²) in [5, 5.41) is 18.5. The predicted octanol–water partition coefficient (Wildman–Crippen LogP) is 5.35. The Balaban J connectivity index is 1.70. The molecule has 0 saturated heterocycles. The Morgan fingerprint density at radius 2 is 1.88 bits per heavy atom. The highest BCUT2D eigenvalue weighted by Gasteiger charge is 2.18. The van der Waals surface area contributed by atoms with Crippen molar-refractivity contribution < 1.29 is 23.8 Å². The van der Waals surface area contributed by atoms with E-state index in [0.29, 0.717) is 56.7 Å². The number of ketones is 1. The number of rotatable bonds is 11. The van der Waals surface area contributed by atoms with Crippen molar-refractivity contribution in [2.45, 2.75) is 38.5 Å². The Hall–Kier alpha value is -2.84. The molecule has 1 heterocycles. The zero-order chi connectivity index (χ0) is 23.1. The monoisotopic (exact) mass is 476 g/mol. The van der Waals surface area contributed by atoms with Crippen LogP contribution >= 0.6 is 22.9 Å². The molecule has 0 aliphatic carbocycles. The number of halogens is 2. The van der Waals surface area contributed by atoms with Crippen LogP contribution in [0.1, 0.15) is 41.3 Å². The van der Waals surface area contributed by atoms with E-state index >= 15 is 4.39 Å². The lowest BCUT2D eigenvalue weighted by Crippen LogP contribution is -2.03. The predicted molar refractivity (Wildman–Crippen MR) is 121 cm³/mol. The number of carboxylic acids is 1. The minimum absolute atomic E-state index is 0.0167. The molecule has 3 aromatic rings. The number of hydrogen-bond donors (Lipinski definition) is 1. The number of nitrogens with zero attached hydrogens (tertiary/aromatic N) is 2. The van der Waals surface area contributed by atoms with Crippen molar-refractivity contribution >= 4 is 34.7 Å². The summed E-state index contributed by atoms with van der Waals surface area (Å²) < 4.78 is 20.8. The number of carbonyl (C=O) groups is 2. The lowest BCUT2D eigenvalue weighted by molar-refractivity contribution is -0.137. The van der Waals surface area contributed by atoms with Crippen molar-refractivity contribution in [2.75, 3.05) is 7.11 Å². The van der Waals surface area contributed by atoms with Crippen molar-refractivity contribution in [2.24, 2.45) is 0 Å². The number of aromatic nitrogens is 2. The first-order valence-electron chi connectivity index (χ1n) is 10.0. The standard InChI is InChI=1S/C23H22ClFN2O4S/c1-31-18-10-9-15(23(25)22(18)14-5-4-6-16(24)11-14)12-19-26-27-20(32-19)13-17(28)7-2-3-8-21(29)30/h4-6,9-11H,2-3,7-8,12-13H2,1H3,(H,29,30). The van der Waals surface area contributed by atoms with Gasteiger partial charge in [-0.2, -0.15) is 0 Å². The molecule has 3 rings (SSSR count). The van der Waals surface area contributed by atoms with Crippen LogP contribution in [0.15, 0.2) is 36.4 Å². The molecule has 0 saturated carbocycles. The van der Waals surface area contributed by atoms with Gasteiger partial charge in [0, 0.05) is 24.3 Å². The van der Waals surface area contributed by atoms with Crippen molar-refractivity contribution in [3.05, 3.63) is 62.8 Å². The van der Waals surface area contributed by atoms with E-state index in [-0.39, 0.29) is 25.0 Å². The van der Waals surface area contributed by atoms with E-state index in [1.165, 1.54) is 18.4 Å². The van der Waals surface area contributed by atoms with Crippen molar-refractivity contribution in [3.63, 3.8) is 0 Å². The molecule has 0 fully saturated rings. The number of aliphatic carboxylic acids is 1. The van der Waals surface area contributed by atoms with Gasteiger partial charge in [0.15, 0.2) is 0 Å². The maximum atomic E-state index is 15.4. The lowest BCUT2D eigenvalue weighted by Gasteiger charge is -2.13. The summed E-state index contributed by atoms with van der Waals surface area (Å²) in [4.78, 5) is 22.6. The van der Waals surface area contributed by atoms with Gasteiger partial charge in [0.1, 0.15) is 27.4 Å². The average Bonchev–Trinajstić information content (AvgIpc) is 3.19. The molecule has 2 aromatic carbocycles. The van der Waals surface area contributed by atoms with Crippen molar-refractivity contribution in [1.82, 2.24) is 10.2 Å². The normalized spacial score (nSPS) is 10.8. The van der Waals surface area contributed by atoms with Crippen LogP contribution in [0.5, 0.6) is 5.75 Å². The van der Waals surface area contributed by atoms with E-state index in [4.69, 9.17) is 21.4 Å². The SMILES string of the molecule is COc1ccc(Cc2nnc(CC(=O)CCCCC(=O)O)s2)c(F)c1-c1cccc(Cl)c1. The van der Waals surface area contributed by atoms with Crippen LogP contribution in [0.4, 0.5) is 4.39 Å². The summed E-state index contributed by atoms with van der Waals surface area (Å²) in [6.45, 7) is 0. The Morgan fingerprint density at radius 3 is 2.59 bits per heavy atom. The molecule has 6 nitrogen and oxygen atoms in total.